The first-order chi connectivity index (χ1) is 7.84. The number of halogens is 1. The Morgan fingerprint density at radius 3 is 2.94 bits per heavy atom. The van der Waals surface area contributed by atoms with Crippen molar-refractivity contribution in [2.45, 2.75) is 44.1 Å². The van der Waals surface area contributed by atoms with Crippen molar-refractivity contribution in [2.75, 3.05) is 6.54 Å². The van der Waals surface area contributed by atoms with Gasteiger partial charge in [-0.2, -0.15) is 0 Å². The summed E-state index contributed by atoms with van der Waals surface area (Å²) in [6, 6.07) is 7.17. The summed E-state index contributed by atoms with van der Waals surface area (Å²) in [7, 11) is 0. The molecule has 86 valence electrons. The van der Waals surface area contributed by atoms with Crippen molar-refractivity contribution < 1.29 is 0 Å². The van der Waals surface area contributed by atoms with E-state index in [2.05, 4.69) is 17.4 Å². The number of aryl methyl sites for hydroxylation is 1. The van der Waals surface area contributed by atoms with Crippen molar-refractivity contribution in [1.29, 1.82) is 0 Å². The van der Waals surface area contributed by atoms with E-state index >= 15 is 0 Å². The summed E-state index contributed by atoms with van der Waals surface area (Å²) in [5.41, 5.74) is 3.03. The number of fused-ring (bicyclic) bond motifs is 1. The molecule has 3 rings (SSSR count). The van der Waals surface area contributed by atoms with E-state index < -0.39 is 0 Å². The van der Waals surface area contributed by atoms with Crippen LogP contribution in [0.15, 0.2) is 18.2 Å². The van der Waals surface area contributed by atoms with Crippen LogP contribution in [0.25, 0.3) is 0 Å². The number of rotatable bonds is 1. The van der Waals surface area contributed by atoms with Gasteiger partial charge in [0.15, 0.2) is 0 Å². The third-order valence-electron chi connectivity index (χ3n) is 4.05. The number of hydrogen-bond acceptors (Lipinski definition) is 1. The van der Waals surface area contributed by atoms with Crippen LogP contribution in [0.1, 0.15) is 42.7 Å². The molecule has 1 saturated heterocycles. The Morgan fingerprint density at radius 2 is 2.12 bits per heavy atom. The van der Waals surface area contributed by atoms with Crippen molar-refractivity contribution in [3.8, 4) is 0 Å². The zero-order chi connectivity index (χ0) is 11.0. The molecule has 0 bridgehead atoms. The van der Waals surface area contributed by atoms with Gasteiger partial charge >= 0.3 is 0 Å². The van der Waals surface area contributed by atoms with E-state index in [1.807, 2.05) is 6.07 Å². The first-order valence-electron chi connectivity index (χ1n) is 6.36. The number of benzene rings is 1. The molecule has 0 aromatic heterocycles. The second-order valence-corrected chi connectivity index (χ2v) is 5.48. The molecule has 1 aliphatic heterocycles. The van der Waals surface area contributed by atoms with Gasteiger partial charge in [-0.05, 0) is 67.8 Å². The van der Waals surface area contributed by atoms with Crippen LogP contribution in [0.4, 0.5) is 0 Å². The lowest BCUT2D eigenvalue weighted by molar-refractivity contribution is 0.432. The third-order valence-corrected chi connectivity index (χ3v) is 4.28. The highest BCUT2D eigenvalue weighted by molar-refractivity contribution is 6.30. The van der Waals surface area contributed by atoms with Crippen LogP contribution in [0, 0.1) is 0 Å². The monoisotopic (exact) mass is 235 g/mol. The van der Waals surface area contributed by atoms with Gasteiger partial charge in [-0.15, -0.1) is 0 Å². The van der Waals surface area contributed by atoms with Crippen molar-refractivity contribution >= 4 is 11.6 Å². The van der Waals surface area contributed by atoms with E-state index in [-0.39, 0.29) is 0 Å². The predicted octanol–water partition coefficient (Wildman–Crippen LogP) is 3.51. The van der Waals surface area contributed by atoms with E-state index in [0.717, 1.165) is 10.9 Å². The van der Waals surface area contributed by atoms with Crippen molar-refractivity contribution in [1.82, 2.24) is 5.32 Å². The van der Waals surface area contributed by atoms with Gasteiger partial charge in [0.25, 0.3) is 0 Å². The minimum atomic E-state index is 0.709. The molecule has 16 heavy (non-hydrogen) atoms. The highest BCUT2D eigenvalue weighted by Gasteiger charge is 2.29. The summed E-state index contributed by atoms with van der Waals surface area (Å²) in [5.74, 6) is 0.725. The highest BCUT2D eigenvalue weighted by Crippen LogP contribution is 2.37. The van der Waals surface area contributed by atoms with Crippen molar-refractivity contribution in [3.63, 3.8) is 0 Å². The minimum Gasteiger partial charge on any atom is -0.313 e. The summed E-state index contributed by atoms with van der Waals surface area (Å²) in [4.78, 5) is 0. The number of hydrogen-bond donors (Lipinski definition) is 1. The van der Waals surface area contributed by atoms with Gasteiger partial charge in [0.05, 0.1) is 0 Å². The lowest BCUT2D eigenvalue weighted by Crippen LogP contribution is -2.31. The predicted molar refractivity (Wildman–Crippen MR) is 68.2 cm³/mol. The van der Waals surface area contributed by atoms with Crippen LogP contribution in [-0.4, -0.2) is 12.6 Å². The number of nitrogens with one attached hydrogen (secondary N) is 1. The Balaban J connectivity index is 1.93. The van der Waals surface area contributed by atoms with Crippen LogP contribution in [0.2, 0.25) is 5.02 Å². The van der Waals surface area contributed by atoms with Gasteiger partial charge in [-0.3, -0.25) is 0 Å². The lowest BCUT2D eigenvalue weighted by atomic mass is 9.78. The molecular formula is C14H18ClN. The van der Waals surface area contributed by atoms with Gasteiger partial charge in [-0.1, -0.05) is 17.7 Å². The average molecular weight is 236 g/mol. The SMILES string of the molecule is Clc1ccc2c(c1)CCCC2C1CCCN1. The highest BCUT2D eigenvalue weighted by atomic mass is 35.5. The Hall–Kier alpha value is -0.530. The average Bonchev–Trinajstić information content (AvgIpc) is 2.81. The molecular weight excluding hydrogens is 218 g/mol. The van der Waals surface area contributed by atoms with Crippen molar-refractivity contribution in [2.24, 2.45) is 0 Å². The van der Waals surface area contributed by atoms with Gasteiger partial charge < -0.3 is 5.32 Å². The summed E-state index contributed by atoms with van der Waals surface area (Å²) >= 11 is 6.07. The fourth-order valence-corrected chi connectivity index (χ4v) is 3.49. The van der Waals surface area contributed by atoms with Crippen molar-refractivity contribution in [3.05, 3.63) is 34.3 Å². The normalized spacial score (nSPS) is 29.1. The molecule has 1 fully saturated rings. The topological polar surface area (TPSA) is 12.0 Å². The van der Waals surface area contributed by atoms with Crippen LogP contribution in [0.5, 0.6) is 0 Å². The molecule has 1 aromatic rings. The van der Waals surface area contributed by atoms with Gasteiger partial charge in [-0.25, -0.2) is 0 Å². The van der Waals surface area contributed by atoms with E-state index in [1.54, 1.807) is 5.56 Å². The van der Waals surface area contributed by atoms with E-state index in [9.17, 15) is 0 Å². The van der Waals surface area contributed by atoms with Crippen LogP contribution < -0.4 is 5.32 Å². The molecule has 1 N–H and O–H groups in total. The second kappa shape index (κ2) is 4.38. The molecule has 0 radical (unpaired) electrons. The van der Waals surface area contributed by atoms with E-state index in [4.69, 9.17) is 11.6 Å². The summed E-state index contributed by atoms with van der Waals surface area (Å²) < 4.78 is 0. The molecule has 2 heteroatoms. The maximum absolute atomic E-state index is 6.07. The molecule has 2 aliphatic rings. The first-order valence-corrected chi connectivity index (χ1v) is 6.74. The molecule has 0 amide bonds. The van der Waals surface area contributed by atoms with Gasteiger partial charge in [0, 0.05) is 11.1 Å². The fraction of sp³-hybridized carbons (Fsp3) is 0.571. The smallest absolute Gasteiger partial charge is 0.0408 e. The Bertz CT molecular complexity index is 382. The molecule has 2 unspecified atom stereocenters. The molecule has 2 atom stereocenters. The maximum Gasteiger partial charge on any atom is 0.0408 e. The summed E-state index contributed by atoms with van der Waals surface area (Å²) in [5, 5.41) is 4.54. The fourth-order valence-electron chi connectivity index (χ4n) is 3.29. The van der Waals surface area contributed by atoms with Crippen LogP contribution >= 0.6 is 11.6 Å². The third kappa shape index (κ3) is 1.87. The van der Waals surface area contributed by atoms with E-state index in [0.29, 0.717) is 6.04 Å². The Morgan fingerprint density at radius 1 is 1.19 bits per heavy atom. The second-order valence-electron chi connectivity index (χ2n) is 5.04. The zero-order valence-corrected chi connectivity index (χ0v) is 10.3. The van der Waals surface area contributed by atoms with Gasteiger partial charge in [0.1, 0.15) is 0 Å². The minimum absolute atomic E-state index is 0.709. The van der Waals surface area contributed by atoms with E-state index in [1.165, 1.54) is 44.2 Å². The Kier molecular flexibility index (Phi) is 2.91. The molecule has 1 heterocycles. The Labute approximate surface area is 102 Å². The van der Waals surface area contributed by atoms with Crippen LogP contribution in [0.3, 0.4) is 0 Å². The molecule has 1 aliphatic carbocycles. The lowest BCUT2D eigenvalue weighted by Gasteiger charge is -2.30. The molecule has 0 spiro atoms. The maximum atomic E-state index is 6.07. The van der Waals surface area contributed by atoms with Crippen LogP contribution in [-0.2, 0) is 6.42 Å². The summed E-state index contributed by atoms with van der Waals surface area (Å²) in [6.07, 6.45) is 6.54. The molecule has 0 saturated carbocycles. The quantitative estimate of drug-likeness (QED) is 0.786. The standard InChI is InChI=1S/C14H18ClN/c15-11-6-7-12-10(9-11)3-1-4-13(12)14-5-2-8-16-14/h6-7,9,13-14,16H,1-5,8H2. The summed E-state index contributed by atoms with van der Waals surface area (Å²) in [6.45, 7) is 1.20. The molecule has 1 aromatic carbocycles. The van der Waals surface area contributed by atoms with Gasteiger partial charge in [0.2, 0.25) is 0 Å². The first kappa shape index (κ1) is 10.6. The molecule has 1 nitrogen and oxygen atoms in total. The largest absolute Gasteiger partial charge is 0.313 e. The zero-order valence-electron chi connectivity index (χ0n) is 9.51.